The van der Waals surface area contributed by atoms with E-state index < -0.39 is 0 Å². The summed E-state index contributed by atoms with van der Waals surface area (Å²) in [7, 11) is 0. The lowest BCUT2D eigenvalue weighted by Crippen LogP contribution is -1.94. The monoisotopic (exact) mass is 387 g/mol. The molecule has 0 amide bonds. The maximum Gasteiger partial charge on any atom is 0.321 e. The number of nitrogens with zero attached hydrogens (tertiary/aromatic N) is 2. The molecule has 6 heteroatoms. The second kappa shape index (κ2) is 7.48. The van der Waals surface area contributed by atoms with Crippen LogP contribution in [0.5, 0.6) is 11.8 Å². The van der Waals surface area contributed by atoms with Gasteiger partial charge in [-0.2, -0.15) is 0 Å². The number of halogens is 1. The lowest BCUT2D eigenvalue weighted by molar-refractivity contribution is 0.438. The molecule has 0 saturated carbocycles. The average Bonchev–Trinajstić information content (AvgIpc) is 2.58. The van der Waals surface area contributed by atoms with Gasteiger partial charge >= 0.3 is 6.01 Å². The van der Waals surface area contributed by atoms with Crippen molar-refractivity contribution in [3.8, 4) is 11.8 Å². The summed E-state index contributed by atoms with van der Waals surface area (Å²) in [5, 5.41) is 0. The first-order chi connectivity index (χ1) is 11.2. The molecule has 0 aliphatic rings. The molecule has 0 saturated heterocycles. The Bertz CT molecular complexity index is 782. The molecule has 0 aliphatic heterocycles. The molecule has 0 atom stereocenters. The number of hydrogen-bond donors (Lipinski definition) is 1. The van der Waals surface area contributed by atoms with Gasteiger partial charge in [-0.1, -0.05) is 18.2 Å². The Morgan fingerprint density at radius 2 is 1.78 bits per heavy atom. The van der Waals surface area contributed by atoms with Crippen molar-refractivity contribution in [2.45, 2.75) is 11.8 Å². The van der Waals surface area contributed by atoms with Crippen LogP contribution in [0.2, 0.25) is 0 Å². The van der Waals surface area contributed by atoms with Crippen LogP contribution in [0, 0.1) is 6.92 Å². The lowest BCUT2D eigenvalue weighted by atomic mass is 10.2. The SMILES string of the molecule is Cc1cc(NSc2ccccc2)ccc1Oc1ncc(Br)cn1. The molecule has 3 rings (SSSR count). The Morgan fingerprint density at radius 1 is 1.04 bits per heavy atom. The molecule has 116 valence electrons. The van der Waals surface area contributed by atoms with Crippen molar-refractivity contribution in [2.24, 2.45) is 0 Å². The molecule has 4 nitrogen and oxygen atoms in total. The number of hydrogen-bond acceptors (Lipinski definition) is 5. The lowest BCUT2D eigenvalue weighted by Gasteiger charge is -2.10. The van der Waals surface area contributed by atoms with Crippen molar-refractivity contribution in [1.29, 1.82) is 0 Å². The Balaban J connectivity index is 1.67. The number of aryl methyl sites for hydroxylation is 1. The van der Waals surface area contributed by atoms with Crippen molar-refractivity contribution in [3.63, 3.8) is 0 Å². The van der Waals surface area contributed by atoms with Gasteiger partial charge in [-0.05, 0) is 70.7 Å². The fourth-order valence-corrected chi connectivity index (χ4v) is 2.75. The zero-order chi connectivity index (χ0) is 16.1. The van der Waals surface area contributed by atoms with Crippen LogP contribution < -0.4 is 9.46 Å². The van der Waals surface area contributed by atoms with E-state index in [1.165, 1.54) is 0 Å². The summed E-state index contributed by atoms with van der Waals surface area (Å²) in [6.45, 7) is 1.99. The van der Waals surface area contributed by atoms with Crippen molar-refractivity contribution in [2.75, 3.05) is 4.72 Å². The largest absolute Gasteiger partial charge is 0.424 e. The van der Waals surface area contributed by atoms with Gasteiger partial charge in [0.2, 0.25) is 0 Å². The van der Waals surface area contributed by atoms with E-state index in [0.29, 0.717) is 6.01 Å². The first-order valence-electron chi connectivity index (χ1n) is 6.95. The smallest absolute Gasteiger partial charge is 0.321 e. The maximum absolute atomic E-state index is 5.70. The van der Waals surface area contributed by atoms with Crippen LogP contribution >= 0.6 is 27.9 Å². The van der Waals surface area contributed by atoms with Gasteiger partial charge in [0.25, 0.3) is 0 Å². The van der Waals surface area contributed by atoms with Crippen LogP contribution in [0.1, 0.15) is 5.56 Å². The minimum Gasteiger partial charge on any atom is -0.424 e. The molecular weight excluding hydrogens is 374 g/mol. The molecule has 0 bridgehead atoms. The van der Waals surface area contributed by atoms with Crippen LogP contribution in [0.25, 0.3) is 0 Å². The van der Waals surface area contributed by atoms with E-state index in [1.54, 1.807) is 24.3 Å². The number of benzene rings is 2. The highest BCUT2D eigenvalue weighted by Crippen LogP contribution is 2.28. The number of aromatic nitrogens is 2. The summed E-state index contributed by atoms with van der Waals surface area (Å²) in [5.41, 5.74) is 2.02. The second-order valence-electron chi connectivity index (χ2n) is 4.78. The maximum atomic E-state index is 5.70. The molecule has 0 aliphatic carbocycles. The molecule has 0 unspecified atom stereocenters. The molecule has 3 aromatic rings. The van der Waals surface area contributed by atoms with E-state index in [9.17, 15) is 0 Å². The first-order valence-corrected chi connectivity index (χ1v) is 8.55. The predicted octanol–water partition coefficient (Wildman–Crippen LogP) is 5.46. The van der Waals surface area contributed by atoms with Gasteiger partial charge in [0, 0.05) is 23.0 Å². The van der Waals surface area contributed by atoms with Crippen molar-refractivity contribution >= 4 is 33.6 Å². The van der Waals surface area contributed by atoms with Crippen molar-refractivity contribution in [1.82, 2.24) is 9.97 Å². The molecule has 23 heavy (non-hydrogen) atoms. The number of nitrogens with one attached hydrogen (secondary N) is 1. The fraction of sp³-hybridized carbons (Fsp3) is 0.0588. The molecule has 1 N–H and O–H groups in total. The van der Waals surface area contributed by atoms with Crippen LogP contribution in [-0.4, -0.2) is 9.97 Å². The van der Waals surface area contributed by atoms with Gasteiger partial charge < -0.3 is 9.46 Å². The van der Waals surface area contributed by atoms with E-state index in [0.717, 1.165) is 26.4 Å². The normalized spacial score (nSPS) is 10.3. The number of rotatable bonds is 5. The summed E-state index contributed by atoms with van der Waals surface area (Å²) in [4.78, 5) is 9.39. The van der Waals surface area contributed by atoms with Gasteiger partial charge in [-0.15, -0.1) is 0 Å². The highest BCUT2D eigenvalue weighted by molar-refractivity contribution is 9.10. The molecule has 2 aromatic carbocycles. The summed E-state index contributed by atoms with van der Waals surface area (Å²) in [6.07, 6.45) is 3.31. The quantitative estimate of drug-likeness (QED) is 0.588. The van der Waals surface area contributed by atoms with E-state index in [-0.39, 0.29) is 0 Å². The zero-order valence-corrected chi connectivity index (χ0v) is 14.8. The van der Waals surface area contributed by atoms with Crippen LogP contribution in [0.4, 0.5) is 5.69 Å². The van der Waals surface area contributed by atoms with Crippen LogP contribution in [0.15, 0.2) is 70.3 Å². The van der Waals surface area contributed by atoms with Gasteiger partial charge in [-0.3, -0.25) is 0 Å². The molecule has 1 heterocycles. The highest BCUT2D eigenvalue weighted by Gasteiger charge is 2.05. The predicted molar refractivity (Wildman–Crippen MR) is 96.9 cm³/mol. The molecule has 0 fully saturated rings. The number of anilines is 1. The van der Waals surface area contributed by atoms with Crippen LogP contribution in [0.3, 0.4) is 0 Å². The van der Waals surface area contributed by atoms with Gasteiger partial charge in [-0.25, -0.2) is 9.97 Å². The Hall–Kier alpha value is -2.05. The molecule has 0 radical (unpaired) electrons. The van der Waals surface area contributed by atoms with Gasteiger partial charge in [0.15, 0.2) is 0 Å². The standard InChI is InChI=1S/C17H14BrN3OS/c1-12-9-14(21-23-15-5-3-2-4-6-15)7-8-16(12)22-17-19-10-13(18)11-20-17/h2-11,21H,1H3. The molecule has 1 aromatic heterocycles. The summed E-state index contributed by atoms with van der Waals surface area (Å²) < 4.78 is 9.85. The second-order valence-corrected chi connectivity index (χ2v) is 6.58. The minimum absolute atomic E-state index is 0.329. The van der Waals surface area contributed by atoms with Gasteiger partial charge in [0.1, 0.15) is 5.75 Å². The minimum atomic E-state index is 0.329. The zero-order valence-electron chi connectivity index (χ0n) is 12.4. The Labute approximate surface area is 147 Å². The topological polar surface area (TPSA) is 47.0 Å². The fourth-order valence-electron chi connectivity index (χ4n) is 1.89. The van der Waals surface area contributed by atoms with E-state index in [2.05, 4.69) is 42.8 Å². The third-order valence-corrected chi connectivity index (χ3v) is 4.26. The summed E-state index contributed by atoms with van der Waals surface area (Å²) in [6, 6.07) is 16.4. The van der Waals surface area contributed by atoms with E-state index >= 15 is 0 Å². The highest BCUT2D eigenvalue weighted by atomic mass is 79.9. The molecular formula is C17H14BrN3OS. The summed E-state index contributed by atoms with van der Waals surface area (Å²) in [5.74, 6) is 0.739. The Morgan fingerprint density at radius 3 is 2.48 bits per heavy atom. The third-order valence-electron chi connectivity index (χ3n) is 3.00. The van der Waals surface area contributed by atoms with Crippen LogP contribution in [-0.2, 0) is 0 Å². The first kappa shape index (κ1) is 15.8. The van der Waals surface area contributed by atoms with Crippen molar-refractivity contribution in [3.05, 3.63) is 71.0 Å². The Kier molecular flexibility index (Phi) is 5.15. The van der Waals surface area contributed by atoms with E-state index in [1.807, 2.05) is 43.3 Å². The third kappa shape index (κ3) is 4.46. The summed E-state index contributed by atoms with van der Waals surface area (Å²) >= 11 is 4.87. The average molecular weight is 388 g/mol. The number of ether oxygens (including phenoxy) is 1. The van der Waals surface area contributed by atoms with Crippen molar-refractivity contribution < 1.29 is 4.74 Å². The molecule has 0 spiro atoms. The van der Waals surface area contributed by atoms with E-state index in [4.69, 9.17) is 4.74 Å². The van der Waals surface area contributed by atoms with Gasteiger partial charge in [0.05, 0.1) is 4.47 Å².